The maximum absolute atomic E-state index is 11.6. The first kappa shape index (κ1) is 9.71. The Bertz CT molecular complexity index is 410. The Balaban J connectivity index is 2.24. The first-order chi connectivity index (χ1) is 7.18. The molecule has 78 valence electrons. The Morgan fingerprint density at radius 1 is 1.20 bits per heavy atom. The Hall–Kier alpha value is -1.84. The average molecular weight is 205 g/mol. The molecule has 0 atom stereocenters. The molecule has 1 aromatic carbocycles. The number of carboxylic acids is 1. The van der Waals surface area contributed by atoms with Gasteiger partial charge in [-0.1, -0.05) is 12.1 Å². The van der Waals surface area contributed by atoms with Crippen LogP contribution in [0.25, 0.3) is 0 Å². The third kappa shape index (κ3) is 2.15. The topological polar surface area (TPSA) is 66.4 Å². The van der Waals surface area contributed by atoms with Gasteiger partial charge in [0.15, 0.2) is 0 Å². The van der Waals surface area contributed by atoms with Crippen LogP contribution in [0.1, 0.15) is 33.6 Å². The Kier molecular flexibility index (Phi) is 2.41. The molecule has 15 heavy (non-hydrogen) atoms. The predicted molar refractivity (Wildman–Crippen MR) is 53.9 cm³/mol. The summed E-state index contributed by atoms with van der Waals surface area (Å²) in [7, 11) is 0. The van der Waals surface area contributed by atoms with Crippen LogP contribution in [-0.4, -0.2) is 23.0 Å². The summed E-state index contributed by atoms with van der Waals surface area (Å²) in [5.41, 5.74) is 0.285. The van der Waals surface area contributed by atoms with E-state index in [1.54, 1.807) is 12.1 Å². The molecule has 0 radical (unpaired) electrons. The predicted octanol–water partition coefficient (Wildman–Crippen LogP) is 1.28. The van der Waals surface area contributed by atoms with Crippen LogP contribution in [0.2, 0.25) is 0 Å². The summed E-state index contributed by atoms with van der Waals surface area (Å²) in [6.45, 7) is 0. The van der Waals surface area contributed by atoms with Crippen LogP contribution in [0.3, 0.4) is 0 Å². The van der Waals surface area contributed by atoms with Gasteiger partial charge < -0.3 is 10.4 Å². The summed E-state index contributed by atoms with van der Waals surface area (Å²) < 4.78 is 0. The first-order valence-electron chi connectivity index (χ1n) is 4.81. The van der Waals surface area contributed by atoms with Crippen LogP contribution in [0, 0.1) is 0 Å². The second-order valence-corrected chi connectivity index (χ2v) is 3.60. The van der Waals surface area contributed by atoms with Crippen molar-refractivity contribution in [3.8, 4) is 0 Å². The minimum absolute atomic E-state index is 0.0515. The highest BCUT2D eigenvalue weighted by atomic mass is 16.4. The zero-order chi connectivity index (χ0) is 10.8. The SMILES string of the molecule is O=C(O)c1ccccc1C(=O)NC1CC1. The Labute approximate surface area is 86.9 Å². The van der Waals surface area contributed by atoms with E-state index in [9.17, 15) is 9.59 Å². The fraction of sp³-hybridized carbons (Fsp3) is 0.273. The molecule has 1 aliphatic carbocycles. The monoisotopic (exact) mass is 205 g/mol. The highest BCUT2D eigenvalue weighted by molar-refractivity contribution is 6.04. The average Bonchev–Trinajstić information content (AvgIpc) is 3.01. The largest absolute Gasteiger partial charge is 0.478 e. The molecule has 4 heteroatoms. The van der Waals surface area contributed by atoms with Crippen molar-refractivity contribution in [2.45, 2.75) is 18.9 Å². The van der Waals surface area contributed by atoms with E-state index in [1.807, 2.05) is 0 Å². The second kappa shape index (κ2) is 3.73. The van der Waals surface area contributed by atoms with E-state index in [0.717, 1.165) is 12.8 Å². The molecule has 0 spiro atoms. The minimum Gasteiger partial charge on any atom is -0.478 e. The summed E-state index contributed by atoms with van der Waals surface area (Å²) in [5.74, 6) is -1.37. The molecule has 0 saturated heterocycles. The van der Waals surface area contributed by atoms with Gasteiger partial charge in [0, 0.05) is 6.04 Å². The van der Waals surface area contributed by atoms with Crippen molar-refractivity contribution in [3.05, 3.63) is 35.4 Å². The van der Waals surface area contributed by atoms with Crippen LogP contribution in [0.5, 0.6) is 0 Å². The van der Waals surface area contributed by atoms with E-state index in [0.29, 0.717) is 0 Å². The lowest BCUT2D eigenvalue weighted by atomic mass is 10.1. The van der Waals surface area contributed by atoms with Gasteiger partial charge in [-0.2, -0.15) is 0 Å². The van der Waals surface area contributed by atoms with Gasteiger partial charge in [-0.05, 0) is 25.0 Å². The van der Waals surface area contributed by atoms with E-state index in [-0.39, 0.29) is 23.1 Å². The molecular formula is C11H11NO3. The van der Waals surface area contributed by atoms with Crippen LogP contribution in [-0.2, 0) is 0 Å². The minimum atomic E-state index is -1.07. The van der Waals surface area contributed by atoms with Gasteiger partial charge in [-0.25, -0.2) is 4.79 Å². The van der Waals surface area contributed by atoms with Crippen molar-refractivity contribution in [1.29, 1.82) is 0 Å². The molecule has 0 aromatic heterocycles. The smallest absolute Gasteiger partial charge is 0.336 e. The number of rotatable bonds is 3. The molecule has 2 N–H and O–H groups in total. The molecule has 0 heterocycles. The molecule has 1 fully saturated rings. The molecule has 0 bridgehead atoms. The normalized spacial score (nSPS) is 14.7. The molecule has 0 unspecified atom stereocenters. The van der Waals surface area contributed by atoms with Crippen molar-refractivity contribution in [1.82, 2.24) is 5.32 Å². The third-order valence-corrected chi connectivity index (χ3v) is 2.31. The van der Waals surface area contributed by atoms with Crippen molar-refractivity contribution >= 4 is 11.9 Å². The van der Waals surface area contributed by atoms with Gasteiger partial charge in [0.2, 0.25) is 0 Å². The number of hydrogen-bond donors (Lipinski definition) is 2. The van der Waals surface area contributed by atoms with Gasteiger partial charge in [0.05, 0.1) is 11.1 Å². The van der Waals surface area contributed by atoms with E-state index in [4.69, 9.17) is 5.11 Å². The lowest BCUT2D eigenvalue weighted by molar-refractivity contribution is 0.0691. The number of aromatic carboxylic acids is 1. The van der Waals surface area contributed by atoms with Crippen LogP contribution >= 0.6 is 0 Å². The third-order valence-electron chi connectivity index (χ3n) is 2.31. The van der Waals surface area contributed by atoms with E-state index < -0.39 is 5.97 Å². The number of nitrogens with one attached hydrogen (secondary N) is 1. The number of carbonyl (C=O) groups excluding carboxylic acids is 1. The lowest BCUT2D eigenvalue weighted by Gasteiger charge is -2.05. The molecule has 4 nitrogen and oxygen atoms in total. The van der Waals surface area contributed by atoms with E-state index in [2.05, 4.69) is 5.32 Å². The summed E-state index contributed by atoms with van der Waals surface area (Å²) in [6.07, 6.45) is 1.97. The summed E-state index contributed by atoms with van der Waals surface area (Å²) in [4.78, 5) is 22.5. The fourth-order valence-corrected chi connectivity index (χ4v) is 1.36. The zero-order valence-electron chi connectivity index (χ0n) is 8.06. The Morgan fingerprint density at radius 3 is 2.33 bits per heavy atom. The molecule has 1 amide bonds. The van der Waals surface area contributed by atoms with Gasteiger partial charge in [-0.3, -0.25) is 4.79 Å². The number of carboxylic acid groups (broad SMARTS) is 1. The van der Waals surface area contributed by atoms with Crippen molar-refractivity contribution < 1.29 is 14.7 Å². The van der Waals surface area contributed by atoms with E-state index >= 15 is 0 Å². The maximum Gasteiger partial charge on any atom is 0.336 e. The zero-order valence-corrected chi connectivity index (χ0v) is 8.06. The quantitative estimate of drug-likeness (QED) is 0.781. The summed E-state index contributed by atoms with van der Waals surface area (Å²) in [5, 5.41) is 11.6. The molecule has 1 aromatic rings. The summed E-state index contributed by atoms with van der Waals surface area (Å²) in [6, 6.07) is 6.47. The molecule has 2 rings (SSSR count). The van der Waals surface area contributed by atoms with Gasteiger partial charge in [0.1, 0.15) is 0 Å². The second-order valence-electron chi connectivity index (χ2n) is 3.60. The summed E-state index contributed by atoms with van der Waals surface area (Å²) >= 11 is 0. The van der Waals surface area contributed by atoms with Gasteiger partial charge >= 0.3 is 5.97 Å². The number of amides is 1. The number of carbonyl (C=O) groups is 2. The lowest BCUT2D eigenvalue weighted by Crippen LogP contribution is -2.27. The van der Waals surface area contributed by atoms with Gasteiger partial charge in [-0.15, -0.1) is 0 Å². The standard InChI is InChI=1S/C11H11NO3/c13-10(12-7-5-6-7)8-3-1-2-4-9(8)11(14)15/h1-4,7H,5-6H2,(H,12,13)(H,14,15). The van der Waals surface area contributed by atoms with Crippen molar-refractivity contribution in [2.24, 2.45) is 0 Å². The van der Waals surface area contributed by atoms with Crippen LogP contribution in [0.15, 0.2) is 24.3 Å². The first-order valence-corrected chi connectivity index (χ1v) is 4.81. The van der Waals surface area contributed by atoms with Crippen LogP contribution in [0.4, 0.5) is 0 Å². The van der Waals surface area contributed by atoms with Crippen molar-refractivity contribution in [3.63, 3.8) is 0 Å². The molecule has 1 aliphatic rings. The highest BCUT2D eigenvalue weighted by Gasteiger charge is 2.25. The molecule has 1 saturated carbocycles. The van der Waals surface area contributed by atoms with Crippen LogP contribution < -0.4 is 5.32 Å². The van der Waals surface area contributed by atoms with Gasteiger partial charge in [0.25, 0.3) is 5.91 Å². The fourth-order valence-electron chi connectivity index (χ4n) is 1.36. The maximum atomic E-state index is 11.6. The molecule has 0 aliphatic heterocycles. The number of hydrogen-bond acceptors (Lipinski definition) is 2. The van der Waals surface area contributed by atoms with Crippen molar-refractivity contribution in [2.75, 3.05) is 0 Å². The molecular weight excluding hydrogens is 194 g/mol. The Morgan fingerprint density at radius 2 is 1.80 bits per heavy atom. The van der Waals surface area contributed by atoms with E-state index in [1.165, 1.54) is 12.1 Å². The number of benzene rings is 1. The highest BCUT2D eigenvalue weighted by Crippen LogP contribution is 2.20.